The van der Waals surface area contributed by atoms with Crippen molar-refractivity contribution in [3.05, 3.63) is 58.9 Å². The molecule has 1 amide bonds. The molecule has 0 saturated carbocycles. The fraction of sp³-hybridized carbons (Fsp3) is 0.364. The summed E-state index contributed by atoms with van der Waals surface area (Å²) in [5, 5.41) is 9.69. The highest BCUT2D eigenvalue weighted by Gasteiger charge is 2.31. The molecule has 0 saturated heterocycles. The lowest BCUT2D eigenvalue weighted by Crippen LogP contribution is -2.41. The molecule has 4 rings (SSSR count). The lowest BCUT2D eigenvalue weighted by molar-refractivity contribution is 0.198. The number of imidazole rings is 1. The number of hydrogen-bond donors (Lipinski definition) is 1. The minimum absolute atomic E-state index is 0.00638. The van der Waals surface area contributed by atoms with E-state index in [1.54, 1.807) is 0 Å². The summed E-state index contributed by atoms with van der Waals surface area (Å²) in [4.78, 5) is 18.3. The number of aromatic nitrogens is 2. The molecule has 1 unspecified atom stereocenters. The predicted octanol–water partition coefficient (Wildman–Crippen LogP) is 4.49. The van der Waals surface area contributed by atoms with Gasteiger partial charge in [0, 0.05) is 25.1 Å². The zero-order chi connectivity index (χ0) is 19.1. The first-order valence-electron chi connectivity index (χ1n) is 9.51. The van der Waals surface area contributed by atoms with Crippen LogP contribution in [0, 0.1) is 6.92 Å². The second kappa shape index (κ2) is 6.72. The maximum atomic E-state index is 11.8. The van der Waals surface area contributed by atoms with Crippen LogP contribution in [0.15, 0.2) is 36.4 Å². The summed E-state index contributed by atoms with van der Waals surface area (Å²) >= 11 is 0. The molecule has 5 nitrogen and oxygen atoms in total. The Morgan fingerprint density at radius 3 is 2.70 bits per heavy atom. The van der Waals surface area contributed by atoms with E-state index >= 15 is 0 Å². The van der Waals surface area contributed by atoms with Gasteiger partial charge in [0.15, 0.2) is 0 Å². The molecule has 1 aliphatic heterocycles. The molecular weight excluding hydrogens is 338 g/mol. The van der Waals surface area contributed by atoms with E-state index in [0.717, 1.165) is 59.4 Å². The van der Waals surface area contributed by atoms with E-state index < -0.39 is 6.09 Å². The van der Waals surface area contributed by atoms with E-state index in [2.05, 4.69) is 35.9 Å². The van der Waals surface area contributed by atoms with Crippen LogP contribution in [0.4, 0.5) is 10.5 Å². The van der Waals surface area contributed by atoms with Crippen molar-refractivity contribution >= 4 is 22.8 Å². The van der Waals surface area contributed by atoms with E-state index in [4.69, 9.17) is 4.98 Å². The van der Waals surface area contributed by atoms with E-state index in [0.29, 0.717) is 0 Å². The number of anilines is 1. The largest absolute Gasteiger partial charge is 0.465 e. The van der Waals surface area contributed by atoms with Gasteiger partial charge in [0.05, 0.1) is 16.7 Å². The highest BCUT2D eigenvalue weighted by molar-refractivity contribution is 5.96. The Morgan fingerprint density at radius 1 is 1.26 bits per heavy atom. The number of amides is 1. The van der Waals surface area contributed by atoms with Gasteiger partial charge in [0.1, 0.15) is 5.82 Å². The van der Waals surface area contributed by atoms with Gasteiger partial charge in [-0.25, -0.2) is 9.78 Å². The average Bonchev–Trinajstić information content (AvgIpc) is 2.97. The van der Waals surface area contributed by atoms with Gasteiger partial charge in [-0.15, -0.1) is 0 Å². The third kappa shape index (κ3) is 2.97. The Bertz CT molecular complexity index is 1010. The zero-order valence-electron chi connectivity index (χ0n) is 16.1. The van der Waals surface area contributed by atoms with Gasteiger partial charge < -0.3 is 9.67 Å². The summed E-state index contributed by atoms with van der Waals surface area (Å²) in [6, 6.07) is 12.4. The second-order valence-electron chi connectivity index (χ2n) is 7.50. The third-order valence-electron chi connectivity index (χ3n) is 5.71. The van der Waals surface area contributed by atoms with Gasteiger partial charge in [0.25, 0.3) is 0 Å². The number of nitrogens with zero attached hydrogens (tertiary/aromatic N) is 3. The van der Waals surface area contributed by atoms with E-state index in [-0.39, 0.29) is 6.04 Å². The van der Waals surface area contributed by atoms with Crippen molar-refractivity contribution in [2.24, 2.45) is 7.05 Å². The number of benzene rings is 2. The number of carboxylic acid groups (broad SMARTS) is 1. The molecule has 0 fully saturated rings. The smallest absolute Gasteiger partial charge is 0.412 e. The van der Waals surface area contributed by atoms with Crippen molar-refractivity contribution in [3.8, 4) is 0 Å². The summed E-state index contributed by atoms with van der Waals surface area (Å²) in [5.74, 6) is 1.05. The highest BCUT2D eigenvalue weighted by Crippen LogP contribution is 2.37. The lowest BCUT2D eigenvalue weighted by Gasteiger charge is -2.33. The number of carbonyl (C=O) groups is 1. The van der Waals surface area contributed by atoms with E-state index in [1.165, 1.54) is 10.5 Å². The number of aryl methyl sites for hydroxylation is 5. The minimum Gasteiger partial charge on any atom is -0.465 e. The second-order valence-corrected chi connectivity index (χ2v) is 7.50. The van der Waals surface area contributed by atoms with Crippen molar-refractivity contribution in [1.29, 1.82) is 0 Å². The molecule has 2 aromatic carbocycles. The van der Waals surface area contributed by atoms with Crippen LogP contribution < -0.4 is 4.90 Å². The monoisotopic (exact) mass is 363 g/mol. The molecular formula is C22H25N3O2. The summed E-state index contributed by atoms with van der Waals surface area (Å²) in [6.07, 6.45) is 2.61. The molecule has 0 aliphatic carbocycles. The summed E-state index contributed by atoms with van der Waals surface area (Å²) < 4.78 is 2.18. The molecule has 27 heavy (non-hydrogen) atoms. The van der Waals surface area contributed by atoms with Crippen molar-refractivity contribution in [2.75, 3.05) is 4.90 Å². The molecule has 2 heterocycles. The summed E-state index contributed by atoms with van der Waals surface area (Å²) in [7, 11) is 2.06. The van der Waals surface area contributed by atoms with Crippen LogP contribution in [0.1, 0.15) is 35.9 Å². The van der Waals surface area contributed by atoms with E-state index in [1.807, 2.05) is 26.0 Å². The Kier molecular flexibility index (Phi) is 4.38. The summed E-state index contributed by atoms with van der Waals surface area (Å²) in [6.45, 7) is 4.02. The maximum Gasteiger partial charge on any atom is 0.412 e. The Morgan fingerprint density at radius 2 is 2.00 bits per heavy atom. The Balaban J connectivity index is 1.78. The molecule has 3 aromatic rings. The highest BCUT2D eigenvalue weighted by atomic mass is 16.4. The fourth-order valence-electron chi connectivity index (χ4n) is 4.29. The van der Waals surface area contributed by atoms with Crippen molar-refractivity contribution < 1.29 is 9.90 Å². The van der Waals surface area contributed by atoms with Crippen LogP contribution >= 0.6 is 0 Å². The Hall–Kier alpha value is -2.82. The quantitative estimate of drug-likeness (QED) is 0.746. The number of rotatable bonds is 3. The standard InChI is InChI=1S/C22H25N3O2/c1-14-13-18-17(11-9-15(2)25(18)22(26)27)20-21(14)24(3)19(23-20)12-10-16-7-5-4-6-8-16/h4-8,13,15H,9-12H2,1-3H3,(H,26,27). The first-order chi connectivity index (χ1) is 13.0. The molecule has 0 bridgehead atoms. The third-order valence-corrected chi connectivity index (χ3v) is 5.71. The SMILES string of the molecule is Cc1cc2c(c3nc(CCc4ccccc4)n(C)c13)CCC(C)N2C(=O)O. The van der Waals surface area contributed by atoms with Crippen LogP contribution in [0.5, 0.6) is 0 Å². The number of fused-ring (bicyclic) bond motifs is 3. The average molecular weight is 363 g/mol. The van der Waals surface area contributed by atoms with Crippen LogP contribution in [0.3, 0.4) is 0 Å². The predicted molar refractivity (Wildman–Crippen MR) is 108 cm³/mol. The van der Waals surface area contributed by atoms with Crippen LogP contribution in [0.25, 0.3) is 11.0 Å². The maximum absolute atomic E-state index is 11.8. The van der Waals surface area contributed by atoms with Gasteiger partial charge >= 0.3 is 6.09 Å². The van der Waals surface area contributed by atoms with Crippen molar-refractivity contribution in [1.82, 2.24) is 9.55 Å². The van der Waals surface area contributed by atoms with Crippen LogP contribution in [-0.4, -0.2) is 26.8 Å². The molecule has 140 valence electrons. The lowest BCUT2D eigenvalue weighted by atomic mass is 9.94. The molecule has 0 radical (unpaired) electrons. The first kappa shape index (κ1) is 17.6. The van der Waals surface area contributed by atoms with Crippen molar-refractivity contribution in [2.45, 2.75) is 45.6 Å². The molecule has 1 aliphatic rings. The van der Waals surface area contributed by atoms with Crippen LogP contribution in [-0.2, 0) is 26.3 Å². The van der Waals surface area contributed by atoms with Gasteiger partial charge in [0.2, 0.25) is 0 Å². The van der Waals surface area contributed by atoms with Gasteiger partial charge in [-0.2, -0.15) is 0 Å². The summed E-state index contributed by atoms with van der Waals surface area (Å²) in [5.41, 5.74) is 6.33. The normalized spacial score (nSPS) is 16.6. The zero-order valence-corrected chi connectivity index (χ0v) is 16.1. The molecule has 1 aromatic heterocycles. The topological polar surface area (TPSA) is 58.4 Å². The van der Waals surface area contributed by atoms with Crippen LogP contribution in [0.2, 0.25) is 0 Å². The van der Waals surface area contributed by atoms with Gasteiger partial charge in [-0.1, -0.05) is 30.3 Å². The first-order valence-corrected chi connectivity index (χ1v) is 9.51. The van der Waals surface area contributed by atoms with Gasteiger partial charge in [-0.05, 0) is 50.3 Å². The van der Waals surface area contributed by atoms with E-state index in [9.17, 15) is 9.90 Å². The molecule has 0 spiro atoms. The van der Waals surface area contributed by atoms with Gasteiger partial charge in [-0.3, -0.25) is 4.90 Å². The molecule has 1 N–H and O–H groups in total. The minimum atomic E-state index is -0.887. The Labute approximate surface area is 159 Å². The molecule has 5 heteroatoms. The fourth-order valence-corrected chi connectivity index (χ4v) is 4.29. The van der Waals surface area contributed by atoms with Crippen molar-refractivity contribution in [3.63, 3.8) is 0 Å². The number of hydrogen-bond acceptors (Lipinski definition) is 2. The molecule has 1 atom stereocenters.